The molecular formula is C15H21N3O3. The Hall–Kier alpha value is -1.79. The van der Waals surface area contributed by atoms with Crippen molar-refractivity contribution in [1.82, 2.24) is 5.32 Å². The molecular weight excluding hydrogens is 270 g/mol. The molecule has 3 rings (SSSR count). The molecule has 6 heteroatoms. The average Bonchev–Trinajstić information content (AvgIpc) is 3.01. The van der Waals surface area contributed by atoms with Crippen molar-refractivity contribution >= 4 is 17.3 Å². The standard InChI is InChI=1S/C15H21N3O3/c1-20-15(4-7-21-10-15)9-18-14(19)11-2-3-12-13(8-11)17-6-5-16-12/h2-3,8,16-17H,4-7,9-10H2,1H3,(H,18,19). The van der Waals surface area contributed by atoms with Crippen molar-refractivity contribution in [2.24, 2.45) is 0 Å². The van der Waals surface area contributed by atoms with Gasteiger partial charge in [-0.1, -0.05) is 0 Å². The number of nitrogens with one attached hydrogen (secondary N) is 3. The topological polar surface area (TPSA) is 71.6 Å². The van der Waals surface area contributed by atoms with Gasteiger partial charge in [-0.2, -0.15) is 0 Å². The molecule has 1 fully saturated rings. The van der Waals surface area contributed by atoms with Gasteiger partial charge in [0.15, 0.2) is 0 Å². The summed E-state index contributed by atoms with van der Waals surface area (Å²) < 4.78 is 10.9. The van der Waals surface area contributed by atoms with Crippen molar-refractivity contribution < 1.29 is 14.3 Å². The van der Waals surface area contributed by atoms with Crippen molar-refractivity contribution in [2.45, 2.75) is 12.0 Å². The molecule has 114 valence electrons. The third kappa shape index (κ3) is 2.96. The van der Waals surface area contributed by atoms with Gasteiger partial charge in [0.1, 0.15) is 5.60 Å². The first kappa shape index (κ1) is 14.2. The number of ether oxygens (including phenoxy) is 2. The molecule has 1 atom stereocenters. The zero-order chi connectivity index (χ0) is 14.7. The third-order valence-corrected chi connectivity index (χ3v) is 4.11. The summed E-state index contributed by atoms with van der Waals surface area (Å²) in [5, 5.41) is 9.52. The maximum Gasteiger partial charge on any atom is 0.251 e. The number of carbonyl (C=O) groups excluding carboxylic acids is 1. The molecule has 1 amide bonds. The van der Waals surface area contributed by atoms with E-state index in [1.165, 1.54) is 0 Å². The number of rotatable bonds is 4. The van der Waals surface area contributed by atoms with E-state index in [1.54, 1.807) is 7.11 Å². The first-order valence-corrected chi connectivity index (χ1v) is 7.25. The van der Waals surface area contributed by atoms with E-state index in [0.29, 0.717) is 25.3 Å². The molecule has 0 aromatic heterocycles. The zero-order valence-electron chi connectivity index (χ0n) is 12.2. The Morgan fingerprint density at radius 1 is 1.38 bits per heavy atom. The molecule has 2 aliphatic heterocycles. The molecule has 0 aliphatic carbocycles. The van der Waals surface area contributed by atoms with Crippen LogP contribution in [0, 0.1) is 0 Å². The first-order valence-electron chi connectivity index (χ1n) is 7.25. The molecule has 0 saturated carbocycles. The van der Waals surface area contributed by atoms with Crippen LogP contribution in [0.5, 0.6) is 0 Å². The number of carbonyl (C=O) groups is 1. The number of amides is 1. The summed E-state index contributed by atoms with van der Waals surface area (Å²) in [5.74, 6) is -0.0894. The summed E-state index contributed by atoms with van der Waals surface area (Å²) in [5.41, 5.74) is 2.27. The predicted molar refractivity (Wildman–Crippen MR) is 80.9 cm³/mol. The summed E-state index contributed by atoms with van der Waals surface area (Å²) in [6.07, 6.45) is 0.805. The maximum absolute atomic E-state index is 12.3. The molecule has 2 heterocycles. The summed E-state index contributed by atoms with van der Waals surface area (Å²) in [6, 6.07) is 5.64. The second-order valence-corrected chi connectivity index (χ2v) is 5.49. The highest BCUT2D eigenvalue weighted by Crippen LogP contribution is 2.26. The van der Waals surface area contributed by atoms with E-state index in [0.717, 1.165) is 30.9 Å². The first-order chi connectivity index (χ1) is 10.2. The molecule has 3 N–H and O–H groups in total. The lowest BCUT2D eigenvalue weighted by Gasteiger charge is -2.26. The Labute approximate surface area is 124 Å². The van der Waals surface area contributed by atoms with Crippen molar-refractivity contribution in [3.8, 4) is 0 Å². The second kappa shape index (κ2) is 5.91. The van der Waals surface area contributed by atoms with E-state index in [2.05, 4.69) is 16.0 Å². The molecule has 0 radical (unpaired) electrons. The molecule has 1 aromatic carbocycles. The van der Waals surface area contributed by atoms with Crippen molar-refractivity contribution in [3.05, 3.63) is 23.8 Å². The Bertz CT molecular complexity index is 527. The predicted octanol–water partition coefficient (Wildman–Crippen LogP) is 1.06. The van der Waals surface area contributed by atoms with Crippen LogP contribution < -0.4 is 16.0 Å². The van der Waals surface area contributed by atoms with Crippen molar-refractivity contribution in [1.29, 1.82) is 0 Å². The highest BCUT2D eigenvalue weighted by atomic mass is 16.5. The largest absolute Gasteiger partial charge is 0.382 e. The Morgan fingerprint density at radius 2 is 2.19 bits per heavy atom. The summed E-state index contributed by atoms with van der Waals surface area (Å²) in [7, 11) is 1.66. The molecule has 0 spiro atoms. The monoisotopic (exact) mass is 291 g/mol. The molecule has 1 saturated heterocycles. The van der Waals surface area contributed by atoms with E-state index in [9.17, 15) is 4.79 Å². The van der Waals surface area contributed by atoms with Crippen LogP contribution in [0.15, 0.2) is 18.2 Å². The van der Waals surface area contributed by atoms with E-state index in [-0.39, 0.29) is 11.5 Å². The normalized spacial score (nSPS) is 23.9. The number of anilines is 2. The average molecular weight is 291 g/mol. The highest BCUT2D eigenvalue weighted by Gasteiger charge is 2.35. The van der Waals surface area contributed by atoms with Gasteiger partial charge in [-0.3, -0.25) is 4.79 Å². The number of benzene rings is 1. The van der Waals surface area contributed by atoms with Gasteiger partial charge in [0.25, 0.3) is 5.91 Å². The van der Waals surface area contributed by atoms with Gasteiger partial charge in [0, 0.05) is 45.3 Å². The van der Waals surface area contributed by atoms with Crippen LogP contribution >= 0.6 is 0 Å². The van der Waals surface area contributed by atoms with Crippen molar-refractivity contribution in [2.75, 3.05) is 50.6 Å². The SMILES string of the molecule is COC1(CNC(=O)c2ccc3c(c2)NCCN3)CCOC1. The van der Waals surface area contributed by atoms with E-state index >= 15 is 0 Å². The number of hydrogen-bond donors (Lipinski definition) is 3. The van der Waals surface area contributed by atoms with Crippen LogP contribution in [0.1, 0.15) is 16.8 Å². The number of fused-ring (bicyclic) bond motifs is 1. The highest BCUT2D eigenvalue weighted by molar-refractivity contribution is 5.96. The second-order valence-electron chi connectivity index (χ2n) is 5.49. The molecule has 2 aliphatic rings. The Kier molecular flexibility index (Phi) is 3.98. The van der Waals surface area contributed by atoms with Crippen LogP contribution in [-0.2, 0) is 9.47 Å². The lowest BCUT2D eigenvalue weighted by molar-refractivity contribution is -0.0148. The lowest BCUT2D eigenvalue weighted by Crippen LogP contribution is -2.45. The quantitative estimate of drug-likeness (QED) is 0.774. The van der Waals surface area contributed by atoms with Gasteiger partial charge in [0.05, 0.1) is 18.0 Å². The summed E-state index contributed by atoms with van der Waals surface area (Å²) >= 11 is 0. The molecule has 1 aromatic rings. The van der Waals surface area contributed by atoms with Crippen LogP contribution in [0.2, 0.25) is 0 Å². The van der Waals surface area contributed by atoms with Crippen LogP contribution in [0.4, 0.5) is 11.4 Å². The van der Waals surface area contributed by atoms with E-state index < -0.39 is 0 Å². The number of methoxy groups -OCH3 is 1. The van der Waals surface area contributed by atoms with Gasteiger partial charge >= 0.3 is 0 Å². The minimum Gasteiger partial charge on any atom is -0.382 e. The molecule has 6 nitrogen and oxygen atoms in total. The minimum atomic E-state index is -0.385. The van der Waals surface area contributed by atoms with E-state index in [1.807, 2.05) is 18.2 Å². The maximum atomic E-state index is 12.3. The van der Waals surface area contributed by atoms with Crippen molar-refractivity contribution in [3.63, 3.8) is 0 Å². The smallest absolute Gasteiger partial charge is 0.251 e. The minimum absolute atomic E-state index is 0.0894. The Balaban J connectivity index is 1.65. The molecule has 1 unspecified atom stereocenters. The molecule has 21 heavy (non-hydrogen) atoms. The van der Waals surface area contributed by atoms with Gasteiger partial charge < -0.3 is 25.4 Å². The van der Waals surface area contributed by atoms with E-state index in [4.69, 9.17) is 9.47 Å². The van der Waals surface area contributed by atoms with Gasteiger partial charge in [-0.05, 0) is 18.2 Å². The number of hydrogen-bond acceptors (Lipinski definition) is 5. The summed E-state index contributed by atoms with van der Waals surface area (Å²) in [4.78, 5) is 12.3. The van der Waals surface area contributed by atoms with Gasteiger partial charge in [-0.15, -0.1) is 0 Å². The fourth-order valence-electron chi connectivity index (χ4n) is 2.68. The van der Waals surface area contributed by atoms with Crippen LogP contribution in [0.3, 0.4) is 0 Å². The van der Waals surface area contributed by atoms with Crippen LogP contribution in [-0.4, -0.2) is 51.5 Å². The zero-order valence-corrected chi connectivity index (χ0v) is 12.2. The fourth-order valence-corrected chi connectivity index (χ4v) is 2.68. The van der Waals surface area contributed by atoms with Gasteiger partial charge in [0.2, 0.25) is 0 Å². The fraction of sp³-hybridized carbons (Fsp3) is 0.533. The van der Waals surface area contributed by atoms with Gasteiger partial charge in [-0.25, -0.2) is 0 Å². The lowest BCUT2D eigenvalue weighted by atomic mass is 10.0. The van der Waals surface area contributed by atoms with Crippen LogP contribution in [0.25, 0.3) is 0 Å². The molecule has 0 bridgehead atoms. The summed E-state index contributed by atoms with van der Waals surface area (Å²) in [6.45, 7) is 3.43. The third-order valence-electron chi connectivity index (χ3n) is 4.11. The Morgan fingerprint density at radius 3 is 2.90 bits per heavy atom.